The summed E-state index contributed by atoms with van der Waals surface area (Å²) in [5.41, 5.74) is 0.718. The SMILES string of the molecule is Cc1ccc([N+](=O)[O-])c(Oc2cc(Cl)nc(C)n2)c1. The van der Waals surface area contributed by atoms with Crippen LogP contribution in [0.1, 0.15) is 11.4 Å². The molecule has 0 atom stereocenters. The van der Waals surface area contributed by atoms with Gasteiger partial charge in [-0.25, -0.2) is 4.98 Å². The van der Waals surface area contributed by atoms with E-state index in [0.29, 0.717) is 5.82 Å². The predicted molar refractivity (Wildman–Crippen MR) is 69.7 cm³/mol. The first-order valence-electron chi connectivity index (χ1n) is 5.40. The maximum atomic E-state index is 10.9. The fraction of sp³-hybridized carbons (Fsp3) is 0.167. The lowest BCUT2D eigenvalue weighted by atomic mass is 10.2. The van der Waals surface area contributed by atoms with Gasteiger partial charge in [0.15, 0.2) is 0 Å². The summed E-state index contributed by atoms with van der Waals surface area (Å²) in [6, 6.07) is 6.01. The molecule has 7 heteroatoms. The molecule has 0 fully saturated rings. The average molecular weight is 280 g/mol. The maximum absolute atomic E-state index is 10.9. The van der Waals surface area contributed by atoms with Crippen molar-refractivity contribution in [3.63, 3.8) is 0 Å². The van der Waals surface area contributed by atoms with E-state index < -0.39 is 4.92 Å². The highest BCUT2D eigenvalue weighted by molar-refractivity contribution is 6.29. The van der Waals surface area contributed by atoms with Crippen molar-refractivity contribution in [1.29, 1.82) is 0 Å². The van der Waals surface area contributed by atoms with Gasteiger partial charge < -0.3 is 4.74 Å². The summed E-state index contributed by atoms with van der Waals surface area (Å²) in [6.07, 6.45) is 0. The number of benzene rings is 1. The van der Waals surface area contributed by atoms with Crippen LogP contribution in [0.2, 0.25) is 5.15 Å². The topological polar surface area (TPSA) is 78.2 Å². The van der Waals surface area contributed by atoms with E-state index in [9.17, 15) is 10.1 Å². The van der Waals surface area contributed by atoms with Gasteiger partial charge in [-0.05, 0) is 25.5 Å². The largest absolute Gasteiger partial charge is 0.432 e. The van der Waals surface area contributed by atoms with Crippen LogP contribution in [-0.4, -0.2) is 14.9 Å². The predicted octanol–water partition coefficient (Wildman–Crippen LogP) is 3.45. The Bertz CT molecular complexity index is 626. The standard InChI is InChI=1S/C12H10ClN3O3/c1-7-3-4-9(16(17)18)10(5-7)19-12-6-11(13)14-8(2)15-12/h3-6H,1-2H3. The Labute approximate surface area is 114 Å². The van der Waals surface area contributed by atoms with Gasteiger partial charge in [0.05, 0.1) is 4.92 Å². The molecule has 0 unspecified atom stereocenters. The summed E-state index contributed by atoms with van der Waals surface area (Å²) in [6.45, 7) is 3.47. The molecule has 0 N–H and O–H groups in total. The van der Waals surface area contributed by atoms with Gasteiger partial charge >= 0.3 is 5.69 Å². The summed E-state index contributed by atoms with van der Waals surface area (Å²) in [7, 11) is 0. The molecule has 0 amide bonds. The van der Waals surface area contributed by atoms with E-state index in [4.69, 9.17) is 16.3 Å². The van der Waals surface area contributed by atoms with Crippen LogP contribution in [0.25, 0.3) is 0 Å². The first kappa shape index (κ1) is 13.2. The molecule has 0 saturated heterocycles. The Morgan fingerprint density at radius 1 is 1.26 bits per heavy atom. The highest BCUT2D eigenvalue weighted by atomic mass is 35.5. The Morgan fingerprint density at radius 3 is 2.63 bits per heavy atom. The highest BCUT2D eigenvalue weighted by Crippen LogP contribution is 2.31. The molecule has 6 nitrogen and oxygen atoms in total. The molecule has 19 heavy (non-hydrogen) atoms. The summed E-state index contributed by atoms with van der Waals surface area (Å²) in [4.78, 5) is 18.3. The third kappa shape index (κ3) is 3.17. The Hall–Kier alpha value is -2.21. The number of hydrogen-bond acceptors (Lipinski definition) is 5. The van der Waals surface area contributed by atoms with E-state index in [0.717, 1.165) is 5.56 Å². The zero-order chi connectivity index (χ0) is 14.0. The van der Waals surface area contributed by atoms with Gasteiger partial charge in [0, 0.05) is 12.1 Å². The molecule has 0 aliphatic rings. The van der Waals surface area contributed by atoms with Crippen molar-refractivity contribution in [1.82, 2.24) is 9.97 Å². The quantitative estimate of drug-likeness (QED) is 0.488. The van der Waals surface area contributed by atoms with Gasteiger partial charge in [-0.2, -0.15) is 4.98 Å². The van der Waals surface area contributed by atoms with Crippen molar-refractivity contribution >= 4 is 17.3 Å². The number of nitro groups is 1. The minimum Gasteiger partial charge on any atom is -0.432 e. The minimum atomic E-state index is -0.509. The number of halogens is 1. The number of ether oxygens (including phenoxy) is 1. The fourth-order valence-corrected chi connectivity index (χ4v) is 1.74. The average Bonchev–Trinajstić information content (AvgIpc) is 2.26. The maximum Gasteiger partial charge on any atom is 0.311 e. The minimum absolute atomic E-state index is 0.124. The van der Waals surface area contributed by atoms with E-state index in [1.807, 2.05) is 6.92 Å². The number of rotatable bonds is 3. The lowest BCUT2D eigenvalue weighted by molar-refractivity contribution is -0.385. The Balaban J connectivity index is 2.42. The smallest absolute Gasteiger partial charge is 0.311 e. The second-order valence-electron chi connectivity index (χ2n) is 3.91. The molecule has 0 radical (unpaired) electrons. The second kappa shape index (κ2) is 5.19. The van der Waals surface area contributed by atoms with Crippen molar-refractivity contribution in [2.45, 2.75) is 13.8 Å². The number of nitrogens with zero attached hydrogens (tertiary/aromatic N) is 3. The molecule has 2 rings (SSSR count). The number of aromatic nitrogens is 2. The van der Waals surface area contributed by atoms with Crippen molar-refractivity contribution in [2.24, 2.45) is 0 Å². The molecule has 1 heterocycles. The first-order chi connectivity index (χ1) is 8.95. The van der Waals surface area contributed by atoms with Crippen molar-refractivity contribution in [3.05, 3.63) is 50.9 Å². The summed E-state index contributed by atoms with van der Waals surface area (Å²) in [5.74, 6) is 0.725. The van der Waals surface area contributed by atoms with E-state index in [1.54, 1.807) is 19.1 Å². The first-order valence-corrected chi connectivity index (χ1v) is 5.77. The van der Waals surface area contributed by atoms with Gasteiger partial charge in [0.25, 0.3) is 0 Å². The zero-order valence-electron chi connectivity index (χ0n) is 10.3. The van der Waals surface area contributed by atoms with Crippen molar-refractivity contribution in [2.75, 3.05) is 0 Å². The van der Waals surface area contributed by atoms with Crippen LogP contribution < -0.4 is 4.74 Å². The van der Waals surface area contributed by atoms with Gasteiger partial charge in [0.2, 0.25) is 11.6 Å². The highest BCUT2D eigenvalue weighted by Gasteiger charge is 2.16. The molecule has 0 aliphatic carbocycles. The summed E-state index contributed by atoms with van der Waals surface area (Å²) >= 11 is 5.78. The monoisotopic (exact) mass is 279 g/mol. The summed E-state index contributed by atoms with van der Waals surface area (Å²) in [5, 5.41) is 11.1. The van der Waals surface area contributed by atoms with E-state index in [-0.39, 0.29) is 22.5 Å². The third-order valence-electron chi connectivity index (χ3n) is 2.31. The fourth-order valence-electron chi connectivity index (χ4n) is 1.52. The molecular formula is C12H10ClN3O3. The number of hydrogen-bond donors (Lipinski definition) is 0. The van der Waals surface area contributed by atoms with Gasteiger partial charge in [0.1, 0.15) is 11.0 Å². The Morgan fingerprint density at radius 2 is 2.00 bits per heavy atom. The molecule has 0 spiro atoms. The van der Waals surface area contributed by atoms with Crippen molar-refractivity contribution < 1.29 is 9.66 Å². The van der Waals surface area contributed by atoms with Gasteiger partial charge in [-0.3, -0.25) is 10.1 Å². The molecular weight excluding hydrogens is 270 g/mol. The van der Waals surface area contributed by atoms with E-state index in [2.05, 4.69) is 9.97 Å². The van der Waals surface area contributed by atoms with Crippen LogP contribution in [0.15, 0.2) is 24.3 Å². The van der Waals surface area contributed by atoms with E-state index in [1.165, 1.54) is 12.1 Å². The van der Waals surface area contributed by atoms with Crippen LogP contribution in [0, 0.1) is 24.0 Å². The molecule has 1 aromatic carbocycles. The lowest BCUT2D eigenvalue weighted by Crippen LogP contribution is -1.97. The van der Waals surface area contributed by atoms with Gasteiger partial charge in [-0.1, -0.05) is 17.7 Å². The number of aryl methyl sites for hydroxylation is 2. The van der Waals surface area contributed by atoms with Gasteiger partial charge in [-0.15, -0.1) is 0 Å². The van der Waals surface area contributed by atoms with Crippen LogP contribution in [0.5, 0.6) is 11.6 Å². The summed E-state index contributed by atoms with van der Waals surface area (Å²) < 4.78 is 5.44. The van der Waals surface area contributed by atoms with Crippen LogP contribution in [-0.2, 0) is 0 Å². The Kier molecular flexibility index (Phi) is 3.62. The molecule has 0 aliphatic heterocycles. The van der Waals surface area contributed by atoms with E-state index >= 15 is 0 Å². The second-order valence-corrected chi connectivity index (χ2v) is 4.29. The lowest BCUT2D eigenvalue weighted by Gasteiger charge is -2.07. The zero-order valence-corrected chi connectivity index (χ0v) is 11.0. The molecule has 98 valence electrons. The molecule has 0 bridgehead atoms. The normalized spacial score (nSPS) is 10.3. The molecule has 0 saturated carbocycles. The van der Waals surface area contributed by atoms with Crippen molar-refractivity contribution in [3.8, 4) is 11.6 Å². The third-order valence-corrected chi connectivity index (χ3v) is 2.50. The van der Waals surface area contributed by atoms with Crippen LogP contribution in [0.3, 0.4) is 0 Å². The molecule has 2 aromatic rings. The number of nitro benzene ring substituents is 1. The van der Waals surface area contributed by atoms with Crippen LogP contribution >= 0.6 is 11.6 Å². The molecule has 1 aromatic heterocycles. The van der Waals surface area contributed by atoms with Crippen LogP contribution in [0.4, 0.5) is 5.69 Å².